The first-order valence-electron chi connectivity index (χ1n) is 1.37. The molecule has 38 valence electrons. The van der Waals surface area contributed by atoms with Crippen LogP contribution in [0, 0.1) is 0 Å². The molecule has 0 atom stereocenters. The van der Waals surface area contributed by atoms with E-state index in [1.54, 1.807) is 13.3 Å². The third-order valence-electron chi connectivity index (χ3n) is 0. The Morgan fingerprint density at radius 3 is 1.33 bits per heavy atom. The van der Waals surface area contributed by atoms with Gasteiger partial charge in [-0.15, -0.1) is 0 Å². The van der Waals surface area contributed by atoms with Crippen molar-refractivity contribution in [3.05, 3.63) is 0 Å². The second-order valence-corrected chi connectivity index (χ2v) is 2.72. The molecule has 0 aromatic heterocycles. The standard InChI is InChI=1S/C2H7OP.O.W/c1-4(2)3;;/h4H,1-2H3;;. The first-order chi connectivity index (χ1) is 2.73. The number of rotatable bonds is 0. The monoisotopic (exact) mass is 278 g/mol. The number of hydrogen-bond acceptors (Lipinski definition) is 2. The van der Waals surface area contributed by atoms with Gasteiger partial charge in [0.1, 0.15) is 0 Å². The summed E-state index contributed by atoms with van der Waals surface area (Å²) in [5, 5.41) is 0. The van der Waals surface area contributed by atoms with Crippen LogP contribution in [0.15, 0.2) is 0 Å². The predicted molar refractivity (Wildman–Crippen MR) is 21.5 cm³/mol. The van der Waals surface area contributed by atoms with Crippen molar-refractivity contribution in [2.24, 2.45) is 0 Å². The topological polar surface area (TPSA) is 34.1 Å². The Balaban J connectivity index is 0. The summed E-state index contributed by atoms with van der Waals surface area (Å²) in [6.45, 7) is 3.43. The molecule has 0 aromatic rings. The molecule has 0 saturated carbocycles. The Hall–Kier alpha value is 0.718. The quantitative estimate of drug-likeness (QED) is 0.611. The van der Waals surface area contributed by atoms with Crippen molar-refractivity contribution in [1.29, 1.82) is 0 Å². The van der Waals surface area contributed by atoms with Crippen LogP contribution < -0.4 is 0 Å². The molecule has 0 saturated heterocycles. The summed E-state index contributed by atoms with van der Waals surface area (Å²) < 4.78 is 18.0. The number of hydrogen-bond donors (Lipinski definition) is 0. The van der Waals surface area contributed by atoms with Crippen LogP contribution in [0.2, 0.25) is 0 Å². The van der Waals surface area contributed by atoms with Crippen molar-refractivity contribution in [1.82, 2.24) is 0 Å². The molecule has 0 aromatic carbocycles. The molecule has 0 aliphatic heterocycles. The minimum absolute atomic E-state index is 0.333. The van der Waals surface area contributed by atoms with Gasteiger partial charge in [0.2, 0.25) is 0 Å². The van der Waals surface area contributed by atoms with E-state index in [2.05, 4.69) is 0 Å². The molecule has 0 rings (SSSR count). The third kappa shape index (κ3) is 126. The fraction of sp³-hybridized carbons (Fsp3) is 1.00. The van der Waals surface area contributed by atoms with E-state index in [4.69, 9.17) is 3.40 Å². The summed E-state index contributed by atoms with van der Waals surface area (Å²) in [4.78, 5) is 0. The Kier molecular flexibility index (Phi) is 15.1. The summed E-state index contributed by atoms with van der Waals surface area (Å²) in [6.07, 6.45) is 0. The molecule has 4 heteroatoms. The molecule has 0 N–H and O–H groups in total. The summed E-state index contributed by atoms with van der Waals surface area (Å²) in [6, 6.07) is 0. The molecular weight excluding hydrogens is 271 g/mol. The van der Waals surface area contributed by atoms with Crippen molar-refractivity contribution in [2.75, 3.05) is 13.3 Å². The normalized spacial score (nSPS) is 6.50. The van der Waals surface area contributed by atoms with Gasteiger partial charge < -0.3 is 4.57 Å². The molecule has 6 heavy (non-hydrogen) atoms. The zero-order valence-corrected chi connectivity index (χ0v) is 7.66. The minimum atomic E-state index is -1.13. The van der Waals surface area contributed by atoms with Gasteiger partial charge in [-0.25, -0.2) is 0 Å². The maximum atomic E-state index is 9.63. The third-order valence-corrected chi connectivity index (χ3v) is 0. The molecule has 0 amide bonds. The zero-order valence-electron chi connectivity index (χ0n) is 3.72. The van der Waals surface area contributed by atoms with E-state index in [9.17, 15) is 4.57 Å². The molecular formula is C2H7O2PW. The van der Waals surface area contributed by atoms with Crippen LogP contribution in [0.1, 0.15) is 0 Å². The first-order valence-corrected chi connectivity index (χ1v) is 4.98. The van der Waals surface area contributed by atoms with Crippen molar-refractivity contribution in [2.45, 2.75) is 0 Å². The predicted octanol–water partition coefficient (Wildman–Crippen LogP) is 0.684. The van der Waals surface area contributed by atoms with E-state index in [-0.39, 0.29) is 0 Å². The van der Waals surface area contributed by atoms with Crippen molar-refractivity contribution < 1.29 is 27.7 Å². The van der Waals surface area contributed by atoms with Crippen molar-refractivity contribution >= 4 is 7.80 Å². The summed E-state index contributed by atoms with van der Waals surface area (Å²) in [5.41, 5.74) is 0. The zero-order chi connectivity index (χ0) is 5.58. The molecule has 0 heterocycles. The van der Waals surface area contributed by atoms with Crippen molar-refractivity contribution in [3.8, 4) is 0 Å². The second-order valence-electron chi connectivity index (χ2n) is 0.908. The van der Waals surface area contributed by atoms with Crippen molar-refractivity contribution in [3.63, 3.8) is 0 Å². The molecule has 0 unspecified atom stereocenters. The van der Waals surface area contributed by atoms with Gasteiger partial charge in [-0.1, -0.05) is 0 Å². The molecule has 0 spiro atoms. The Bertz CT molecular complexity index is 42.8. The van der Waals surface area contributed by atoms with Gasteiger partial charge in [0, 0.05) is 0 Å². The molecule has 0 fully saturated rings. The Morgan fingerprint density at radius 2 is 1.33 bits per heavy atom. The van der Waals surface area contributed by atoms with E-state index in [0.29, 0.717) is 19.8 Å². The molecule has 0 aliphatic carbocycles. The molecule has 2 nitrogen and oxygen atoms in total. The molecule has 0 radical (unpaired) electrons. The van der Waals surface area contributed by atoms with Gasteiger partial charge in [-0.2, -0.15) is 0 Å². The van der Waals surface area contributed by atoms with E-state index in [1.165, 1.54) is 0 Å². The van der Waals surface area contributed by atoms with Crippen LogP contribution in [0.4, 0.5) is 0 Å². The van der Waals surface area contributed by atoms with E-state index >= 15 is 0 Å². The van der Waals surface area contributed by atoms with Gasteiger partial charge in [0.05, 0.1) is 7.80 Å². The molecule has 0 bridgehead atoms. The van der Waals surface area contributed by atoms with E-state index in [0.717, 1.165) is 0 Å². The summed E-state index contributed by atoms with van der Waals surface area (Å²) in [7, 11) is -1.13. The molecule has 0 aliphatic rings. The fourth-order valence-corrected chi connectivity index (χ4v) is 0. The first kappa shape index (κ1) is 9.87. The van der Waals surface area contributed by atoms with Crippen LogP contribution in [0.5, 0.6) is 0 Å². The van der Waals surface area contributed by atoms with Crippen LogP contribution in [0.3, 0.4) is 0 Å². The van der Waals surface area contributed by atoms with Crippen LogP contribution in [0.25, 0.3) is 0 Å². The average Bonchev–Trinajstić information content (AvgIpc) is 1.41. The van der Waals surface area contributed by atoms with Gasteiger partial charge in [-0.05, 0) is 13.3 Å². The fourth-order valence-electron chi connectivity index (χ4n) is 0. The summed E-state index contributed by atoms with van der Waals surface area (Å²) >= 11 is 0.333. The Morgan fingerprint density at radius 1 is 1.33 bits per heavy atom. The van der Waals surface area contributed by atoms with Gasteiger partial charge >= 0.3 is 23.2 Å². The van der Waals surface area contributed by atoms with E-state index in [1.807, 2.05) is 0 Å². The SMILES string of the molecule is C[PH](C)=O.[O]=[W]. The van der Waals surface area contributed by atoms with Gasteiger partial charge in [0.15, 0.2) is 0 Å². The van der Waals surface area contributed by atoms with Crippen LogP contribution in [-0.2, 0) is 27.7 Å². The van der Waals surface area contributed by atoms with Crippen LogP contribution >= 0.6 is 7.80 Å². The maximum absolute atomic E-state index is 9.63. The van der Waals surface area contributed by atoms with E-state index < -0.39 is 7.80 Å². The van der Waals surface area contributed by atoms with Gasteiger partial charge in [0.25, 0.3) is 0 Å². The van der Waals surface area contributed by atoms with Crippen LogP contribution in [-0.4, -0.2) is 13.3 Å². The second kappa shape index (κ2) is 9.21. The van der Waals surface area contributed by atoms with Gasteiger partial charge in [-0.3, -0.25) is 0 Å². The summed E-state index contributed by atoms with van der Waals surface area (Å²) in [5.74, 6) is 0. The Labute approximate surface area is 49.3 Å². The average molecular weight is 278 g/mol.